The van der Waals surface area contributed by atoms with Crippen LogP contribution in [0.1, 0.15) is 78.6 Å². The van der Waals surface area contributed by atoms with Gasteiger partial charge in [-0.1, -0.05) is 20.3 Å². The lowest BCUT2D eigenvalue weighted by Gasteiger charge is -2.59. The summed E-state index contributed by atoms with van der Waals surface area (Å²) in [6.07, 6.45) is 11.5. The van der Waals surface area contributed by atoms with Gasteiger partial charge in [0.05, 0.1) is 6.10 Å². The van der Waals surface area contributed by atoms with E-state index in [0.29, 0.717) is 29.1 Å². The van der Waals surface area contributed by atoms with Crippen molar-refractivity contribution in [2.45, 2.75) is 84.7 Å². The molecule has 130 valence electrons. The average molecular weight is 319 g/mol. The van der Waals surface area contributed by atoms with E-state index in [1.165, 1.54) is 44.9 Å². The second-order valence-corrected chi connectivity index (χ2v) is 9.58. The van der Waals surface area contributed by atoms with E-state index in [1.54, 1.807) is 0 Å². The van der Waals surface area contributed by atoms with Crippen molar-refractivity contribution < 1.29 is 9.53 Å². The summed E-state index contributed by atoms with van der Waals surface area (Å²) in [5.74, 6) is 3.19. The van der Waals surface area contributed by atoms with Gasteiger partial charge in [-0.15, -0.1) is 0 Å². The van der Waals surface area contributed by atoms with Gasteiger partial charge < -0.3 is 4.74 Å². The third-order valence-corrected chi connectivity index (χ3v) is 8.43. The maximum atomic E-state index is 13.3. The zero-order valence-corrected chi connectivity index (χ0v) is 15.3. The highest BCUT2D eigenvalue weighted by atomic mass is 16.5. The summed E-state index contributed by atoms with van der Waals surface area (Å²) in [7, 11) is 0. The Morgan fingerprint density at radius 2 is 1.91 bits per heavy atom. The van der Waals surface area contributed by atoms with Crippen LogP contribution in [0.2, 0.25) is 0 Å². The molecule has 7 atom stereocenters. The topological polar surface area (TPSA) is 26.3 Å². The molecule has 4 aliphatic carbocycles. The van der Waals surface area contributed by atoms with Crippen LogP contribution in [0.5, 0.6) is 0 Å². The molecule has 0 radical (unpaired) electrons. The monoisotopic (exact) mass is 318 g/mol. The molecule has 0 aromatic rings. The first-order chi connectivity index (χ1) is 11.0. The molecule has 7 unspecified atom stereocenters. The number of Topliss-reactive ketones (excluding diaryl/α,β-unsaturated/α-hetero) is 1. The van der Waals surface area contributed by atoms with Crippen LogP contribution < -0.4 is 0 Å². The van der Waals surface area contributed by atoms with E-state index in [1.807, 2.05) is 0 Å². The van der Waals surface area contributed by atoms with Gasteiger partial charge in [-0.3, -0.25) is 4.79 Å². The van der Waals surface area contributed by atoms with Crippen LogP contribution in [-0.4, -0.2) is 18.5 Å². The predicted molar refractivity (Wildman–Crippen MR) is 92.1 cm³/mol. The lowest BCUT2D eigenvalue weighted by Crippen LogP contribution is -2.57. The van der Waals surface area contributed by atoms with Crippen LogP contribution >= 0.6 is 0 Å². The zero-order chi connectivity index (χ0) is 16.2. The minimum atomic E-state index is 0.210. The Morgan fingerprint density at radius 1 is 1.13 bits per heavy atom. The molecule has 0 bridgehead atoms. The van der Waals surface area contributed by atoms with Crippen molar-refractivity contribution in [3.63, 3.8) is 0 Å². The van der Waals surface area contributed by atoms with Crippen molar-refractivity contribution in [3.05, 3.63) is 0 Å². The molecule has 0 heterocycles. The fourth-order valence-electron chi connectivity index (χ4n) is 7.52. The molecule has 2 heteroatoms. The number of carbonyl (C=O) groups is 1. The van der Waals surface area contributed by atoms with Crippen LogP contribution in [0.25, 0.3) is 0 Å². The van der Waals surface area contributed by atoms with E-state index in [0.717, 1.165) is 31.3 Å². The van der Waals surface area contributed by atoms with E-state index in [2.05, 4.69) is 20.8 Å². The van der Waals surface area contributed by atoms with E-state index in [4.69, 9.17) is 4.74 Å². The summed E-state index contributed by atoms with van der Waals surface area (Å²) < 4.78 is 6.01. The molecule has 0 saturated heterocycles. The van der Waals surface area contributed by atoms with Gasteiger partial charge in [0, 0.05) is 18.9 Å². The lowest BCUT2D eigenvalue weighted by molar-refractivity contribution is -0.162. The van der Waals surface area contributed by atoms with Crippen molar-refractivity contribution in [2.24, 2.45) is 34.5 Å². The third kappa shape index (κ3) is 2.34. The fraction of sp³-hybridized carbons (Fsp3) is 0.952. The van der Waals surface area contributed by atoms with Gasteiger partial charge >= 0.3 is 0 Å². The van der Waals surface area contributed by atoms with E-state index in [-0.39, 0.29) is 5.41 Å². The van der Waals surface area contributed by atoms with Crippen molar-refractivity contribution in [1.82, 2.24) is 0 Å². The van der Waals surface area contributed by atoms with Crippen LogP contribution in [0.4, 0.5) is 0 Å². The molecule has 4 saturated carbocycles. The molecule has 4 aliphatic rings. The summed E-state index contributed by atoms with van der Waals surface area (Å²) >= 11 is 0. The molecule has 0 amide bonds. The SMILES string of the molecule is CCOC1CCC2CCC3C4CCCC4(C)CC(=O)C3C2(C)C1. The average Bonchev–Trinajstić information content (AvgIpc) is 2.87. The molecule has 2 nitrogen and oxygen atoms in total. The maximum absolute atomic E-state index is 13.3. The van der Waals surface area contributed by atoms with E-state index >= 15 is 0 Å². The number of hydrogen-bond donors (Lipinski definition) is 0. The zero-order valence-electron chi connectivity index (χ0n) is 15.3. The molecule has 0 aliphatic heterocycles. The number of hydrogen-bond acceptors (Lipinski definition) is 2. The van der Waals surface area contributed by atoms with Crippen molar-refractivity contribution in [1.29, 1.82) is 0 Å². The van der Waals surface area contributed by atoms with Gasteiger partial charge in [0.15, 0.2) is 0 Å². The van der Waals surface area contributed by atoms with Crippen LogP contribution in [0.15, 0.2) is 0 Å². The van der Waals surface area contributed by atoms with Gasteiger partial charge in [-0.2, -0.15) is 0 Å². The van der Waals surface area contributed by atoms with Gasteiger partial charge in [-0.25, -0.2) is 0 Å². The van der Waals surface area contributed by atoms with Gasteiger partial charge in [0.1, 0.15) is 5.78 Å². The van der Waals surface area contributed by atoms with Gasteiger partial charge in [0.25, 0.3) is 0 Å². The minimum Gasteiger partial charge on any atom is -0.378 e. The summed E-state index contributed by atoms with van der Waals surface area (Å²) in [5.41, 5.74) is 0.539. The molecule has 4 rings (SSSR count). The first kappa shape index (κ1) is 16.1. The number of fused-ring (bicyclic) bond motifs is 5. The van der Waals surface area contributed by atoms with E-state index < -0.39 is 0 Å². The highest BCUT2D eigenvalue weighted by Crippen LogP contribution is 2.65. The number of ether oxygens (including phenoxy) is 1. The quantitative estimate of drug-likeness (QED) is 0.716. The molecule has 0 spiro atoms. The van der Waals surface area contributed by atoms with Crippen molar-refractivity contribution in [3.8, 4) is 0 Å². The number of ketones is 1. The predicted octanol–water partition coefficient (Wildman–Crippen LogP) is 5.00. The van der Waals surface area contributed by atoms with Crippen LogP contribution in [0.3, 0.4) is 0 Å². The largest absolute Gasteiger partial charge is 0.378 e. The minimum absolute atomic E-state index is 0.210. The first-order valence-electron chi connectivity index (χ1n) is 10.1. The summed E-state index contributed by atoms with van der Waals surface area (Å²) in [4.78, 5) is 13.3. The second kappa shape index (κ2) is 5.58. The first-order valence-corrected chi connectivity index (χ1v) is 10.1. The van der Waals surface area contributed by atoms with Crippen LogP contribution in [-0.2, 0) is 9.53 Å². The Kier molecular flexibility index (Phi) is 3.91. The van der Waals surface area contributed by atoms with Crippen LogP contribution in [0, 0.1) is 34.5 Å². The fourth-order valence-corrected chi connectivity index (χ4v) is 7.52. The molecule has 0 aromatic heterocycles. The Hall–Kier alpha value is -0.370. The Balaban J connectivity index is 1.65. The normalized spacial score (nSPS) is 52.7. The standard InChI is InChI=1S/C21H34O2/c1-4-23-15-9-7-14-8-10-16-17-6-5-11-20(17,2)13-18(22)19(16)21(14,3)12-15/h14-17,19H,4-13H2,1-3H3. The van der Waals surface area contributed by atoms with Gasteiger partial charge in [0.2, 0.25) is 0 Å². The third-order valence-electron chi connectivity index (χ3n) is 8.43. The Labute approximate surface area is 141 Å². The second-order valence-electron chi connectivity index (χ2n) is 9.58. The smallest absolute Gasteiger partial charge is 0.137 e. The molecule has 23 heavy (non-hydrogen) atoms. The molecule has 4 fully saturated rings. The van der Waals surface area contributed by atoms with Gasteiger partial charge in [-0.05, 0) is 80.5 Å². The summed E-state index contributed by atoms with van der Waals surface area (Å²) in [6, 6.07) is 0. The maximum Gasteiger partial charge on any atom is 0.137 e. The lowest BCUT2D eigenvalue weighted by atomic mass is 9.45. The molecule has 0 N–H and O–H groups in total. The molecular weight excluding hydrogens is 284 g/mol. The number of rotatable bonds is 2. The Morgan fingerprint density at radius 3 is 2.70 bits per heavy atom. The van der Waals surface area contributed by atoms with E-state index in [9.17, 15) is 4.79 Å². The summed E-state index contributed by atoms with van der Waals surface area (Å²) in [6.45, 7) is 7.79. The summed E-state index contributed by atoms with van der Waals surface area (Å²) in [5, 5.41) is 0. The van der Waals surface area contributed by atoms with Crippen molar-refractivity contribution >= 4 is 5.78 Å². The molecule has 0 aromatic carbocycles. The number of carbonyl (C=O) groups excluding carboxylic acids is 1. The highest BCUT2D eigenvalue weighted by Gasteiger charge is 2.61. The molecular formula is C21H34O2. The Bertz CT molecular complexity index is 486. The highest BCUT2D eigenvalue weighted by molar-refractivity contribution is 5.84. The van der Waals surface area contributed by atoms with Crippen molar-refractivity contribution in [2.75, 3.05) is 6.61 Å².